The molecule has 0 fully saturated rings. The molecule has 5 nitrogen and oxygen atoms in total. The van der Waals surface area contributed by atoms with Gasteiger partial charge in [-0.25, -0.2) is 4.79 Å². The lowest BCUT2D eigenvalue weighted by molar-refractivity contribution is 0.0523. The summed E-state index contributed by atoms with van der Waals surface area (Å²) in [4.78, 5) is 23.0. The largest absolute Gasteiger partial charge is 0.464 e. The van der Waals surface area contributed by atoms with Gasteiger partial charge in [-0.05, 0) is 56.2 Å². The minimum Gasteiger partial charge on any atom is -0.464 e. The van der Waals surface area contributed by atoms with Gasteiger partial charge in [0.05, 0.1) is 6.26 Å². The Morgan fingerprint density at radius 2 is 2.00 bits per heavy atom. The lowest BCUT2D eigenvalue weighted by atomic mass is 9.99. The summed E-state index contributed by atoms with van der Waals surface area (Å²) in [5.74, 6) is 0. The van der Waals surface area contributed by atoms with Gasteiger partial charge >= 0.3 is 6.09 Å². The molecule has 3 rings (SSSR count). The van der Waals surface area contributed by atoms with Crippen LogP contribution in [-0.4, -0.2) is 18.0 Å². The van der Waals surface area contributed by atoms with Crippen LogP contribution in [0.25, 0.3) is 22.1 Å². The van der Waals surface area contributed by atoms with E-state index in [4.69, 9.17) is 9.15 Å². The molecule has 1 N–H and O–H groups in total. The molecular weight excluding hydrogens is 330 g/mol. The van der Waals surface area contributed by atoms with Gasteiger partial charge in [-0.15, -0.1) is 0 Å². The highest BCUT2D eigenvalue weighted by Crippen LogP contribution is 2.31. The Balaban J connectivity index is 1.85. The summed E-state index contributed by atoms with van der Waals surface area (Å²) >= 11 is 0. The number of rotatable bonds is 4. The van der Waals surface area contributed by atoms with Gasteiger partial charge in [-0.3, -0.25) is 4.79 Å². The Morgan fingerprint density at radius 1 is 1.19 bits per heavy atom. The number of fused-ring (bicyclic) bond motifs is 1. The van der Waals surface area contributed by atoms with E-state index in [1.54, 1.807) is 18.4 Å². The van der Waals surface area contributed by atoms with Gasteiger partial charge in [0.1, 0.15) is 17.5 Å². The van der Waals surface area contributed by atoms with Crippen LogP contribution in [0, 0.1) is 0 Å². The highest BCUT2D eigenvalue weighted by molar-refractivity contribution is 5.97. The Labute approximate surface area is 152 Å². The van der Waals surface area contributed by atoms with E-state index in [9.17, 15) is 9.59 Å². The van der Waals surface area contributed by atoms with Crippen LogP contribution in [0.5, 0.6) is 0 Å². The van der Waals surface area contributed by atoms with Gasteiger partial charge in [0.15, 0.2) is 0 Å². The number of hydrogen-bond donors (Lipinski definition) is 1. The Morgan fingerprint density at radius 3 is 2.73 bits per heavy atom. The van der Waals surface area contributed by atoms with Crippen LogP contribution in [0.1, 0.15) is 36.7 Å². The van der Waals surface area contributed by atoms with Crippen molar-refractivity contribution in [2.24, 2.45) is 0 Å². The van der Waals surface area contributed by atoms with Crippen molar-refractivity contribution in [3.63, 3.8) is 0 Å². The molecule has 0 saturated carbocycles. The van der Waals surface area contributed by atoms with Crippen LogP contribution < -0.4 is 5.32 Å². The highest BCUT2D eigenvalue weighted by atomic mass is 16.6. The number of carbonyl (C=O) groups excluding carboxylic acids is 2. The van der Waals surface area contributed by atoms with Crippen LogP contribution in [0.15, 0.2) is 53.1 Å². The zero-order chi connectivity index (χ0) is 18.7. The number of hydrogen-bond acceptors (Lipinski definition) is 4. The van der Waals surface area contributed by atoms with Crippen molar-refractivity contribution in [2.75, 3.05) is 0 Å². The van der Waals surface area contributed by atoms with Gasteiger partial charge < -0.3 is 14.5 Å². The van der Waals surface area contributed by atoms with Crippen molar-refractivity contribution in [1.29, 1.82) is 0 Å². The predicted molar refractivity (Wildman–Crippen MR) is 100 cm³/mol. The molecule has 0 unspecified atom stereocenters. The quantitative estimate of drug-likeness (QED) is 0.676. The Bertz CT molecular complexity index is 950. The SMILES string of the molecule is CC(C)(C)OC(=O)NCc1cccc(-c2cc(C=O)cc3ccoc23)c1. The lowest BCUT2D eigenvalue weighted by Gasteiger charge is -2.19. The third-order valence-electron chi connectivity index (χ3n) is 3.78. The molecule has 0 atom stereocenters. The number of nitrogens with one attached hydrogen (secondary N) is 1. The van der Waals surface area contributed by atoms with Crippen molar-refractivity contribution in [3.05, 3.63) is 59.9 Å². The standard InChI is InChI=1S/C21H21NO4/c1-21(2,3)26-20(24)22-12-14-5-4-6-16(9-14)18-11-15(13-23)10-17-7-8-25-19(17)18/h4-11,13H,12H2,1-3H3,(H,22,24). The van der Waals surface area contributed by atoms with E-state index in [1.807, 2.05) is 51.1 Å². The van der Waals surface area contributed by atoms with E-state index in [1.165, 1.54) is 0 Å². The van der Waals surface area contributed by atoms with E-state index in [0.29, 0.717) is 12.1 Å². The summed E-state index contributed by atoms with van der Waals surface area (Å²) < 4.78 is 10.8. The van der Waals surface area contributed by atoms with Gasteiger partial charge in [0.2, 0.25) is 0 Å². The third kappa shape index (κ3) is 4.11. The molecule has 0 aliphatic carbocycles. The number of aldehydes is 1. The molecular formula is C21H21NO4. The first kappa shape index (κ1) is 17.7. The first-order chi connectivity index (χ1) is 12.4. The van der Waals surface area contributed by atoms with Crippen LogP contribution in [0.3, 0.4) is 0 Å². The fourth-order valence-corrected chi connectivity index (χ4v) is 2.72. The molecule has 2 aromatic carbocycles. The smallest absolute Gasteiger partial charge is 0.407 e. The number of furan rings is 1. The minimum absolute atomic E-state index is 0.345. The molecule has 1 aromatic heterocycles. The molecule has 1 amide bonds. The average molecular weight is 351 g/mol. The summed E-state index contributed by atoms with van der Waals surface area (Å²) in [6, 6.07) is 13.2. The second-order valence-electron chi connectivity index (χ2n) is 7.08. The molecule has 0 radical (unpaired) electrons. The molecule has 5 heteroatoms. The molecule has 0 saturated heterocycles. The monoisotopic (exact) mass is 351 g/mol. The van der Waals surface area contributed by atoms with E-state index >= 15 is 0 Å². The topological polar surface area (TPSA) is 68.5 Å². The van der Waals surface area contributed by atoms with Crippen LogP contribution >= 0.6 is 0 Å². The van der Waals surface area contributed by atoms with Crippen molar-refractivity contribution in [1.82, 2.24) is 5.32 Å². The van der Waals surface area contributed by atoms with Crippen LogP contribution in [0.4, 0.5) is 4.79 Å². The first-order valence-electron chi connectivity index (χ1n) is 8.38. The number of alkyl carbamates (subject to hydrolysis) is 1. The molecule has 134 valence electrons. The number of carbonyl (C=O) groups is 2. The maximum Gasteiger partial charge on any atom is 0.407 e. The normalized spacial score (nSPS) is 11.3. The first-order valence-corrected chi connectivity index (χ1v) is 8.38. The third-order valence-corrected chi connectivity index (χ3v) is 3.78. The molecule has 1 heterocycles. The highest BCUT2D eigenvalue weighted by Gasteiger charge is 2.16. The summed E-state index contributed by atoms with van der Waals surface area (Å²) in [6.45, 7) is 5.81. The number of amides is 1. The van der Waals surface area contributed by atoms with E-state index in [0.717, 1.165) is 33.9 Å². The lowest BCUT2D eigenvalue weighted by Crippen LogP contribution is -2.32. The van der Waals surface area contributed by atoms with Gasteiger partial charge in [-0.2, -0.15) is 0 Å². The van der Waals surface area contributed by atoms with Gasteiger partial charge in [0, 0.05) is 23.1 Å². The molecule has 0 bridgehead atoms. The second kappa shape index (κ2) is 7.04. The minimum atomic E-state index is -0.536. The Hall–Kier alpha value is -3.08. The fraction of sp³-hybridized carbons (Fsp3) is 0.238. The van der Waals surface area contributed by atoms with Crippen molar-refractivity contribution in [2.45, 2.75) is 32.9 Å². The molecule has 0 aliphatic heterocycles. The van der Waals surface area contributed by atoms with E-state index in [-0.39, 0.29) is 0 Å². The van der Waals surface area contributed by atoms with Crippen molar-refractivity contribution >= 4 is 23.3 Å². The predicted octanol–water partition coefficient (Wildman–Crippen LogP) is 4.94. The zero-order valence-corrected chi connectivity index (χ0v) is 15.0. The van der Waals surface area contributed by atoms with Gasteiger partial charge in [0.25, 0.3) is 0 Å². The molecule has 3 aromatic rings. The maximum atomic E-state index is 11.8. The summed E-state index contributed by atoms with van der Waals surface area (Å²) in [5, 5.41) is 3.62. The summed E-state index contributed by atoms with van der Waals surface area (Å²) in [6.07, 6.45) is 1.97. The fourth-order valence-electron chi connectivity index (χ4n) is 2.72. The molecule has 0 spiro atoms. The maximum absolute atomic E-state index is 11.8. The van der Waals surface area contributed by atoms with E-state index < -0.39 is 11.7 Å². The van der Waals surface area contributed by atoms with Crippen molar-refractivity contribution < 1.29 is 18.7 Å². The Kier molecular flexibility index (Phi) is 4.80. The van der Waals surface area contributed by atoms with Crippen molar-refractivity contribution in [3.8, 4) is 11.1 Å². The summed E-state index contributed by atoms with van der Waals surface area (Å²) in [5.41, 5.74) is 3.46. The van der Waals surface area contributed by atoms with Gasteiger partial charge in [-0.1, -0.05) is 18.2 Å². The van der Waals surface area contributed by atoms with E-state index in [2.05, 4.69) is 5.32 Å². The summed E-state index contributed by atoms with van der Waals surface area (Å²) in [7, 11) is 0. The number of ether oxygens (including phenoxy) is 1. The average Bonchev–Trinajstić information content (AvgIpc) is 3.06. The molecule has 0 aliphatic rings. The second-order valence-corrected chi connectivity index (χ2v) is 7.08. The zero-order valence-electron chi connectivity index (χ0n) is 15.0. The van der Waals surface area contributed by atoms with Crippen LogP contribution in [-0.2, 0) is 11.3 Å². The molecule has 26 heavy (non-hydrogen) atoms. The van der Waals surface area contributed by atoms with Crippen LogP contribution in [0.2, 0.25) is 0 Å². The number of benzene rings is 2.